The number of nitrogens with zero attached hydrogens (tertiary/aromatic N) is 6. The first-order valence-electron chi connectivity index (χ1n) is 11.2. The van der Waals surface area contributed by atoms with Crippen molar-refractivity contribution in [2.75, 3.05) is 47.5 Å². The summed E-state index contributed by atoms with van der Waals surface area (Å²) >= 11 is 0. The molecule has 1 aliphatic rings. The quantitative estimate of drug-likeness (QED) is 0.515. The maximum absolute atomic E-state index is 13.1. The number of fused-ring (bicyclic) bond motifs is 1. The van der Waals surface area contributed by atoms with Crippen molar-refractivity contribution >= 4 is 17.1 Å². The molecule has 3 aromatic rings. The second-order valence-electron chi connectivity index (χ2n) is 8.69. The fourth-order valence-electron chi connectivity index (χ4n) is 4.05. The Balaban J connectivity index is 1.49. The molecule has 3 heterocycles. The van der Waals surface area contributed by atoms with Gasteiger partial charge in [-0.15, -0.1) is 0 Å². The van der Waals surface area contributed by atoms with E-state index in [4.69, 9.17) is 9.47 Å². The van der Waals surface area contributed by atoms with Crippen LogP contribution in [0.3, 0.4) is 0 Å². The molecule has 1 aliphatic heterocycles. The van der Waals surface area contributed by atoms with Crippen LogP contribution in [0.15, 0.2) is 41.6 Å². The van der Waals surface area contributed by atoms with Gasteiger partial charge in [0.15, 0.2) is 5.65 Å². The van der Waals surface area contributed by atoms with Crippen LogP contribution < -0.4 is 10.3 Å². The predicted octanol–water partition coefficient (Wildman–Crippen LogP) is 1.12. The van der Waals surface area contributed by atoms with Crippen LogP contribution in [-0.2, 0) is 11.3 Å². The fourth-order valence-corrected chi connectivity index (χ4v) is 4.05. The van der Waals surface area contributed by atoms with Crippen molar-refractivity contribution in [3.05, 3.63) is 47.1 Å². The van der Waals surface area contributed by atoms with E-state index in [2.05, 4.69) is 10.1 Å². The molecule has 1 N–H and O–H groups in total. The molecule has 34 heavy (non-hydrogen) atoms. The summed E-state index contributed by atoms with van der Waals surface area (Å²) in [5, 5.41) is 15.8. The SMILES string of the molecule is COCCOc1ccc(-n2ncc3c(=O)n(CC4(O)CCN(C(=O)N(C)C)CC4)cnc32)cc1. The van der Waals surface area contributed by atoms with Crippen molar-refractivity contribution in [1.29, 1.82) is 0 Å². The molecule has 11 nitrogen and oxygen atoms in total. The molecule has 1 aromatic carbocycles. The minimum Gasteiger partial charge on any atom is -0.491 e. The van der Waals surface area contributed by atoms with E-state index in [0.29, 0.717) is 55.9 Å². The Morgan fingerprint density at radius 2 is 1.88 bits per heavy atom. The number of piperidine rings is 1. The smallest absolute Gasteiger partial charge is 0.319 e. The van der Waals surface area contributed by atoms with Crippen LogP contribution in [0.4, 0.5) is 4.79 Å². The largest absolute Gasteiger partial charge is 0.491 e. The second kappa shape index (κ2) is 9.82. The lowest BCUT2D eigenvalue weighted by atomic mass is 9.91. The van der Waals surface area contributed by atoms with Gasteiger partial charge >= 0.3 is 6.03 Å². The molecule has 0 atom stereocenters. The van der Waals surface area contributed by atoms with Gasteiger partial charge in [0.2, 0.25) is 0 Å². The monoisotopic (exact) mass is 470 g/mol. The number of carbonyl (C=O) groups excluding carboxylic acids is 1. The molecule has 0 bridgehead atoms. The molecule has 0 unspecified atom stereocenters. The summed E-state index contributed by atoms with van der Waals surface area (Å²) in [7, 11) is 5.03. The molecule has 0 saturated carbocycles. The van der Waals surface area contributed by atoms with E-state index in [1.165, 1.54) is 22.0 Å². The van der Waals surface area contributed by atoms with Crippen LogP contribution in [0.1, 0.15) is 12.8 Å². The molecule has 11 heteroatoms. The van der Waals surface area contributed by atoms with E-state index in [9.17, 15) is 14.7 Å². The first-order valence-corrected chi connectivity index (χ1v) is 11.2. The van der Waals surface area contributed by atoms with Crippen LogP contribution in [0, 0.1) is 0 Å². The Bertz CT molecular complexity index is 1190. The van der Waals surface area contributed by atoms with Gasteiger partial charge in [0.1, 0.15) is 24.1 Å². The predicted molar refractivity (Wildman–Crippen MR) is 125 cm³/mol. The topological polar surface area (TPSA) is 115 Å². The average Bonchev–Trinajstić information content (AvgIpc) is 3.26. The molecule has 182 valence electrons. The zero-order chi connectivity index (χ0) is 24.3. The lowest BCUT2D eigenvalue weighted by Crippen LogP contribution is -2.51. The first kappa shape index (κ1) is 23.7. The number of aromatic nitrogens is 4. The summed E-state index contributed by atoms with van der Waals surface area (Å²) in [6, 6.07) is 7.25. The van der Waals surface area contributed by atoms with Crippen molar-refractivity contribution in [2.24, 2.45) is 0 Å². The van der Waals surface area contributed by atoms with Gasteiger partial charge in [-0.3, -0.25) is 9.36 Å². The van der Waals surface area contributed by atoms with Crippen LogP contribution in [-0.4, -0.2) is 93.4 Å². The fraction of sp³-hybridized carbons (Fsp3) is 0.478. The van der Waals surface area contributed by atoms with Crippen molar-refractivity contribution in [1.82, 2.24) is 29.1 Å². The van der Waals surface area contributed by atoms with Gasteiger partial charge in [-0.05, 0) is 37.1 Å². The van der Waals surface area contributed by atoms with Crippen LogP contribution >= 0.6 is 0 Å². The van der Waals surface area contributed by atoms with E-state index in [1.54, 1.807) is 30.8 Å². The number of benzene rings is 1. The van der Waals surface area contributed by atoms with Gasteiger partial charge < -0.3 is 24.4 Å². The number of hydrogen-bond donors (Lipinski definition) is 1. The molecule has 0 aliphatic carbocycles. The zero-order valence-electron chi connectivity index (χ0n) is 19.7. The van der Waals surface area contributed by atoms with Crippen LogP contribution in [0.2, 0.25) is 0 Å². The number of likely N-dealkylation sites (tertiary alicyclic amines) is 1. The molecule has 0 radical (unpaired) electrons. The maximum Gasteiger partial charge on any atom is 0.319 e. The zero-order valence-corrected chi connectivity index (χ0v) is 19.7. The highest BCUT2D eigenvalue weighted by atomic mass is 16.5. The summed E-state index contributed by atoms with van der Waals surface area (Å²) in [5.74, 6) is 0.708. The summed E-state index contributed by atoms with van der Waals surface area (Å²) < 4.78 is 13.6. The summed E-state index contributed by atoms with van der Waals surface area (Å²) in [6.45, 7) is 1.93. The number of methoxy groups -OCH3 is 1. The molecule has 0 spiro atoms. The van der Waals surface area contributed by atoms with E-state index in [1.807, 2.05) is 24.3 Å². The Morgan fingerprint density at radius 1 is 1.18 bits per heavy atom. The normalized spacial score (nSPS) is 15.5. The average molecular weight is 471 g/mol. The van der Waals surface area contributed by atoms with E-state index in [0.717, 1.165) is 5.69 Å². The third kappa shape index (κ3) is 4.90. The molecule has 1 saturated heterocycles. The van der Waals surface area contributed by atoms with Crippen molar-refractivity contribution in [3.8, 4) is 11.4 Å². The van der Waals surface area contributed by atoms with Gasteiger partial charge in [0.05, 0.1) is 30.6 Å². The minimum atomic E-state index is -1.09. The molecule has 4 rings (SSSR count). The van der Waals surface area contributed by atoms with Gasteiger partial charge in [0.25, 0.3) is 5.56 Å². The third-order valence-electron chi connectivity index (χ3n) is 6.00. The molecular formula is C23H30N6O5. The van der Waals surface area contributed by atoms with E-state index < -0.39 is 5.60 Å². The molecule has 2 amide bonds. The minimum absolute atomic E-state index is 0.0794. The van der Waals surface area contributed by atoms with E-state index in [-0.39, 0.29) is 18.1 Å². The number of rotatable bonds is 7. The summed E-state index contributed by atoms with van der Waals surface area (Å²) in [6.07, 6.45) is 3.71. The molecule has 2 aromatic heterocycles. The Kier molecular flexibility index (Phi) is 6.85. The number of aliphatic hydroxyl groups is 1. The second-order valence-corrected chi connectivity index (χ2v) is 8.69. The summed E-state index contributed by atoms with van der Waals surface area (Å²) in [5.41, 5.74) is -0.171. The first-order chi connectivity index (χ1) is 16.3. The highest BCUT2D eigenvalue weighted by molar-refractivity contribution is 5.75. The van der Waals surface area contributed by atoms with Crippen molar-refractivity contribution in [2.45, 2.75) is 25.0 Å². The van der Waals surface area contributed by atoms with Gasteiger partial charge in [0, 0.05) is 34.3 Å². The Morgan fingerprint density at radius 3 is 2.53 bits per heavy atom. The lowest BCUT2D eigenvalue weighted by Gasteiger charge is -2.39. The van der Waals surface area contributed by atoms with Gasteiger partial charge in [-0.25, -0.2) is 14.5 Å². The van der Waals surface area contributed by atoms with Crippen molar-refractivity contribution < 1.29 is 19.4 Å². The highest BCUT2D eigenvalue weighted by Gasteiger charge is 2.35. The Labute approximate surface area is 197 Å². The van der Waals surface area contributed by atoms with E-state index >= 15 is 0 Å². The molecular weight excluding hydrogens is 440 g/mol. The van der Waals surface area contributed by atoms with Crippen molar-refractivity contribution in [3.63, 3.8) is 0 Å². The molecule has 1 fully saturated rings. The number of carbonyl (C=O) groups is 1. The number of hydrogen-bond acceptors (Lipinski definition) is 7. The number of amides is 2. The van der Waals surface area contributed by atoms with Gasteiger partial charge in [-0.2, -0.15) is 5.10 Å². The van der Waals surface area contributed by atoms with Crippen LogP contribution in [0.25, 0.3) is 16.7 Å². The third-order valence-corrected chi connectivity index (χ3v) is 6.00. The summed E-state index contributed by atoms with van der Waals surface area (Å²) in [4.78, 5) is 32.9. The number of urea groups is 1. The maximum atomic E-state index is 13.1. The van der Waals surface area contributed by atoms with Crippen LogP contribution in [0.5, 0.6) is 5.75 Å². The Hall–Kier alpha value is -3.44. The lowest BCUT2D eigenvalue weighted by molar-refractivity contribution is -0.0282. The standard InChI is InChI=1S/C23H30N6O5/c1-26(2)22(31)27-10-8-23(32,9-11-27)15-28-16-24-20-19(21(28)30)14-25-29(20)17-4-6-18(7-5-17)34-13-12-33-3/h4-7,14,16,32H,8-13,15H2,1-3H3. The highest BCUT2D eigenvalue weighted by Crippen LogP contribution is 2.25. The van der Waals surface area contributed by atoms with Gasteiger partial charge in [-0.1, -0.05) is 0 Å². The number of ether oxygens (including phenoxy) is 2.